The van der Waals surface area contributed by atoms with E-state index < -0.39 is 0 Å². The third-order valence-corrected chi connectivity index (χ3v) is 2.20. The summed E-state index contributed by atoms with van der Waals surface area (Å²) in [6.07, 6.45) is 1.93. The SMILES string of the molecule is CCCc1noc([C@@H](NC)C(C)C)n1. The van der Waals surface area contributed by atoms with E-state index in [1.54, 1.807) is 0 Å². The Bertz CT molecular complexity index is 270. The van der Waals surface area contributed by atoms with Crippen molar-refractivity contribution >= 4 is 0 Å². The molecule has 0 spiro atoms. The van der Waals surface area contributed by atoms with E-state index >= 15 is 0 Å². The van der Waals surface area contributed by atoms with Crippen molar-refractivity contribution in [3.05, 3.63) is 11.7 Å². The number of nitrogens with zero attached hydrogens (tertiary/aromatic N) is 2. The molecule has 1 aromatic heterocycles. The van der Waals surface area contributed by atoms with Crippen LogP contribution in [0.25, 0.3) is 0 Å². The van der Waals surface area contributed by atoms with Gasteiger partial charge in [-0.05, 0) is 19.4 Å². The first-order chi connectivity index (χ1) is 6.69. The molecule has 0 amide bonds. The van der Waals surface area contributed by atoms with Crippen LogP contribution in [0.1, 0.15) is 44.9 Å². The lowest BCUT2D eigenvalue weighted by molar-refractivity contribution is 0.298. The Morgan fingerprint density at radius 1 is 1.43 bits per heavy atom. The lowest BCUT2D eigenvalue weighted by atomic mass is 10.1. The zero-order valence-corrected chi connectivity index (χ0v) is 9.37. The summed E-state index contributed by atoms with van der Waals surface area (Å²) in [5.41, 5.74) is 0. The Morgan fingerprint density at radius 2 is 2.14 bits per heavy atom. The summed E-state index contributed by atoms with van der Waals surface area (Å²) < 4.78 is 5.21. The highest BCUT2D eigenvalue weighted by Crippen LogP contribution is 2.19. The van der Waals surface area contributed by atoms with Crippen LogP contribution in [0.4, 0.5) is 0 Å². The fourth-order valence-corrected chi connectivity index (χ4v) is 1.46. The maximum Gasteiger partial charge on any atom is 0.244 e. The third-order valence-electron chi connectivity index (χ3n) is 2.20. The molecule has 0 saturated heterocycles. The number of hydrogen-bond donors (Lipinski definition) is 1. The molecule has 1 aromatic rings. The summed E-state index contributed by atoms with van der Waals surface area (Å²) in [7, 11) is 1.91. The molecule has 0 radical (unpaired) electrons. The number of aromatic nitrogens is 2. The highest BCUT2D eigenvalue weighted by atomic mass is 16.5. The second kappa shape index (κ2) is 5.10. The topological polar surface area (TPSA) is 51.0 Å². The van der Waals surface area contributed by atoms with E-state index in [4.69, 9.17) is 4.52 Å². The second-order valence-corrected chi connectivity index (χ2v) is 3.81. The van der Waals surface area contributed by atoms with Gasteiger partial charge in [0.25, 0.3) is 0 Å². The van der Waals surface area contributed by atoms with E-state index in [9.17, 15) is 0 Å². The van der Waals surface area contributed by atoms with Crippen LogP contribution in [0.15, 0.2) is 4.52 Å². The van der Waals surface area contributed by atoms with Crippen LogP contribution in [0.2, 0.25) is 0 Å². The molecule has 0 unspecified atom stereocenters. The maximum atomic E-state index is 5.21. The lowest BCUT2D eigenvalue weighted by Crippen LogP contribution is -2.22. The molecule has 4 nitrogen and oxygen atoms in total. The first-order valence-electron chi connectivity index (χ1n) is 5.18. The van der Waals surface area contributed by atoms with Crippen LogP contribution in [-0.2, 0) is 6.42 Å². The molecular formula is C10H19N3O. The third kappa shape index (κ3) is 2.54. The Kier molecular flexibility index (Phi) is 4.07. The van der Waals surface area contributed by atoms with E-state index in [2.05, 4.69) is 36.2 Å². The molecule has 1 heterocycles. The Balaban J connectivity index is 2.73. The van der Waals surface area contributed by atoms with Gasteiger partial charge in [-0.25, -0.2) is 0 Å². The minimum Gasteiger partial charge on any atom is -0.338 e. The molecule has 4 heteroatoms. The van der Waals surface area contributed by atoms with Crippen molar-refractivity contribution in [2.75, 3.05) is 7.05 Å². The van der Waals surface area contributed by atoms with Crippen molar-refractivity contribution in [1.82, 2.24) is 15.5 Å². The van der Waals surface area contributed by atoms with Crippen LogP contribution >= 0.6 is 0 Å². The Hall–Kier alpha value is -0.900. The van der Waals surface area contributed by atoms with Gasteiger partial charge < -0.3 is 9.84 Å². The molecule has 1 atom stereocenters. The monoisotopic (exact) mass is 197 g/mol. The molecular weight excluding hydrogens is 178 g/mol. The number of aryl methyl sites for hydroxylation is 1. The van der Waals surface area contributed by atoms with E-state index in [-0.39, 0.29) is 6.04 Å². The predicted molar refractivity (Wildman–Crippen MR) is 54.9 cm³/mol. The summed E-state index contributed by atoms with van der Waals surface area (Å²) in [5, 5.41) is 7.11. The van der Waals surface area contributed by atoms with Gasteiger partial charge in [0.05, 0.1) is 6.04 Å². The van der Waals surface area contributed by atoms with Crippen molar-refractivity contribution in [2.45, 2.75) is 39.7 Å². The molecule has 0 aliphatic carbocycles. The molecule has 14 heavy (non-hydrogen) atoms. The van der Waals surface area contributed by atoms with Gasteiger partial charge in [0.15, 0.2) is 5.82 Å². The van der Waals surface area contributed by atoms with Gasteiger partial charge in [0.1, 0.15) is 0 Å². The van der Waals surface area contributed by atoms with Gasteiger partial charge in [0.2, 0.25) is 5.89 Å². The first-order valence-corrected chi connectivity index (χ1v) is 5.18. The molecule has 0 aliphatic rings. The van der Waals surface area contributed by atoms with Crippen molar-refractivity contribution in [3.8, 4) is 0 Å². The van der Waals surface area contributed by atoms with Crippen molar-refractivity contribution in [3.63, 3.8) is 0 Å². The van der Waals surface area contributed by atoms with Crippen molar-refractivity contribution in [1.29, 1.82) is 0 Å². The zero-order chi connectivity index (χ0) is 10.6. The molecule has 0 bridgehead atoms. The molecule has 1 N–H and O–H groups in total. The van der Waals surface area contributed by atoms with Gasteiger partial charge in [-0.2, -0.15) is 4.98 Å². The standard InChI is InChI=1S/C10H19N3O/c1-5-6-8-12-10(14-13-8)9(11-4)7(2)3/h7,9,11H,5-6H2,1-4H3/t9-/m0/s1. The first kappa shape index (κ1) is 11.2. The minimum absolute atomic E-state index is 0.160. The summed E-state index contributed by atoms with van der Waals surface area (Å²) in [6.45, 7) is 6.36. The van der Waals surface area contributed by atoms with Gasteiger partial charge >= 0.3 is 0 Å². The fraction of sp³-hybridized carbons (Fsp3) is 0.800. The summed E-state index contributed by atoms with van der Waals surface area (Å²) in [6, 6.07) is 0.160. The molecule has 0 aromatic carbocycles. The summed E-state index contributed by atoms with van der Waals surface area (Å²) in [5.74, 6) is 1.96. The summed E-state index contributed by atoms with van der Waals surface area (Å²) >= 11 is 0. The Labute approximate surface area is 85.1 Å². The zero-order valence-electron chi connectivity index (χ0n) is 9.37. The van der Waals surface area contributed by atoms with Crippen molar-refractivity contribution in [2.24, 2.45) is 5.92 Å². The van der Waals surface area contributed by atoms with Crippen LogP contribution in [0, 0.1) is 5.92 Å². The van der Waals surface area contributed by atoms with E-state index in [0.717, 1.165) is 18.7 Å². The largest absolute Gasteiger partial charge is 0.338 e. The van der Waals surface area contributed by atoms with Crippen molar-refractivity contribution < 1.29 is 4.52 Å². The minimum atomic E-state index is 0.160. The maximum absolute atomic E-state index is 5.21. The van der Waals surface area contributed by atoms with E-state index in [0.29, 0.717) is 11.8 Å². The van der Waals surface area contributed by atoms with Gasteiger partial charge in [-0.1, -0.05) is 25.9 Å². The van der Waals surface area contributed by atoms with Crippen LogP contribution in [-0.4, -0.2) is 17.2 Å². The highest BCUT2D eigenvalue weighted by molar-refractivity contribution is 4.93. The number of nitrogens with one attached hydrogen (secondary N) is 1. The second-order valence-electron chi connectivity index (χ2n) is 3.81. The average molecular weight is 197 g/mol. The summed E-state index contributed by atoms with van der Waals surface area (Å²) in [4.78, 5) is 4.35. The van der Waals surface area contributed by atoms with E-state index in [1.165, 1.54) is 0 Å². The quantitative estimate of drug-likeness (QED) is 0.783. The lowest BCUT2D eigenvalue weighted by Gasteiger charge is -2.14. The average Bonchev–Trinajstić information content (AvgIpc) is 2.54. The normalized spacial score (nSPS) is 13.5. The smallest absolute Gasteiger partial charge is 0.244 e. The number of hydrogen-bond acceptors (Lipinski definition) is 4. The molecule has 80 valence electrons. The van der Waals surface area contributed by atoms with Gasteiger partial charge in [-0.3, -0.25) is 0 Å². The van der Waals surface area contributed by atoms with Crippen LogP contribution < -0.4 is 5.32 Å². The van der Waals surface area contributed by atoms with E-state index in [1.807, 2.05) is 7.05 Å². The molecule has 0 aliphatic heterocycles. The molecule has 0 saturated carbocycles. The molecule has 0 fully saturated rings. The molecule has 1 rings (SSSR count). The number of rotatable bonds is 5. The fourth-order valence-electron chi connectivity index (χ4n) is 1.46. The highest BCUT2D eigenvalue weighted by Gasteiger charge is 2.19. The van der Waals surface area contributed by atoms with Crippen LogP contribution in [0.5, 0.6) is 0 Å². The van der Waals surface area contributed by atoms with Gasteiger partial charge in [-0.15, -0.1) is 0 Å². The van der Waals surface area contributed by atoms with Crippen LogP contribution in [0.3, 0.4) is 0 Å². The Morgan fingerprint density at radius 3 is 2.64 bits per heavy atom. The predicted octanol–water partition coefficient (Wildman–Crippen LogP) is 1.94. The van der Waals surface area contributed by atoms with Gasteiger partial charge in [0, 0.05) is 6.42 Å².